The highest BCUT2D eigenvalue weighted by molar-refractivity contribution is 5.73. The number of primary amides is 1. The van der Waals surface area contributed by atoms with Gasteiger partial charge in [0.1, 0.15) is 6.07 Å². The number of carbonyl (C=O) groups excluding carboxylic acids is 1. The number of hydrogen-bond acceptors (Lipinski definition) is 2. The molecule has 0 spiro atoms. The summed E-state index contributed by atoms with van der Waals surface area (Å²) in [4.78, 5) is 11.3. The Morgan fingerprint density at radius 3 is 2.60 bits per heavy atom. The van der Waals surface area contributed by atoms with Crippen LogP contribution in [-0.4, -0.2) is 29.7 Å². The summed E-state index contributed by atoms with van der Waals surface area (Å²) in [5.41, 5.74) is 2.93. The van der Waals surface area contributed by atoms with Gasteiger partial charge in [-0.05, 0) is 0 Å². The van der Waals surface area contributed by atoms with E-state index < -0.39 is 11.7 Å². The largest absolute Gasteiger partial charge is 0.351 e. The van der Waals surface area contributed by atoms with Crippen molar-refractivity contribution >= 4 is 6.03 Å². The van der Waals surface area contributed by atoms with E-state index in [1.54, 1.807) is 0 Å². The van der Waals surface area contributed by atoms with Crippen molar-refractivity contribution in [2.45, 2.75) is 5.67 Å². The number of nitrogens with two attached hydrogens (primary N) is 1. The third-order valence-corrected chi connectivity index (χ3v) is 1.40. The fourth-order valence-corrected chi connectivity index (χ4v) is 0.785. The van der Waals surface area contributed by atoms with Crippen LogP contribution in [0.2, 0.25) is 0 Å². The second-order valence-electron chi connectivity index (χ2n) is 2.27. The summed E-state index contributed by atoms with van der Waals surface area (Å²) in [6, 6.07) is 0.769. The van der Waals surface area contributed by atoms with Crippen LogP contribution in [0.1, 0.15) is 0 Å². The van der Waals surface area contributed by atoms with Crippen LogP contribution in [0.3, 0.4) is 0 Å². The minimum absolute atomic E-state index is 0.196. The zero-order valence-corrected chi connectivity index (χ0v) is 5.17. The first-order chi connectivity index (χ1) is 4.57. The van der Waals surface area contributed by atoms with E-state index in [2.05, 4.69) is 0 Å². The monoisotopic (exact) mass is 143 g/mol. The van der Waals surface area contributed by atoms with Gasteiger partial charge in [-0.25, -0.2) is 9.18 Å². The number of hydrogen-bond donors (Lipinski definition) is 1. The molecule has 0 unspecified atom stereocenters. The maximum absolute atomic E-state index is 12.6. The first-order valence-corrected chi connectivity index (χ1v) is 2.72. The summed E-state index contributed by atoms with van der Waals surface area (Å²) in [5, 5.41) is 8.14. The van der Waals surface area contributed by atoms with Gasteiger partial charge in [-0.1, -0.05) is 0 Å². The smallest absolute Gasteiger partial charge is 0.315 e. The fraction of sp³-hybridized carbons (Fsp3) is 0.600. The van der Waals surface area contributed by atoms with Gasteiger partial charge in [-0.15, -0.1) is 0 Å². The average Bonchev–Trinajstić information content (AvgIpc) is 1.80. The lowest BCUT2D eigenvalue weighted by Crippen LogP contribution is -2.61. The molecule has 2 amide bonds. The topological polar surface area (TPSA) is 70.1 Å². The molecule has 0 aromatic heterocycles. The Kier molecular flexibility index (Phi) is 1.25. The number of urea groups is 1. The standard InChI is InChI=1S/C5H6FN3O/c6-5(1-7)2-9(3-5)4(8)10/h2-3H2,(H2,8,10). The van der Waals surface area contributed by atoms with E-state index in [9.17, 15) is 9.18 Å². The van der Waals surface area contributed by atoms with Gasteiger partial charge in [0.2, 0.25) is 5.67 Å². The lowest BCUT2D eigenvalue weighted by Gasteiger charge is -2.38. The number of carbonyl (C=O) groups is 1. The van der Waals surface area contributed by atoms with E-state index in [1.807, 2.05) is 0 Å². The molecule has 0 bridgehead atoms. The molecule has 5 heteroatoms. The van der Waals surface area contributed by atoms with Crippen LogP contribution in [0.25, 0.3) is 0 Å². The molecule has 2 N–H and O–H groups in total. The minimum atomic E-state index is -1.85. The molecular formula is C5H6FN3O. The normalized spacial score (nSPS) is 21.0. The average molecular weight is 143 g/mol. The Labute approximate surface area is 57.0 Å². The highest BCUT2D eigenvalue weighted by Gasteiger charge is 2.45. The molecule has 1 saturated heterocycles. The predicted octanol–water partition coefficient (Wildman–Crippen LogP) is -0.387. The van der Waals surface area contributed by atoms with Crippen molar-refractivity contribution in [3.63, 3.8) is 0 Å². The van der Waals surface area contributed by atoms with Gasteiger partial charge >= 0.3 is 6.03 Å². The molecule has 0 atom stereocenters. The summed E-state index contributed by atoms with van der Waals surface area (Å²) in [7, 11) is 0. The second-order valence-corrected chi connectivity index (χ2v) is 2.27. The molecule has 0 aromatic rings. The quantitative estimate of drug-likeness (QED) is 0.501. The lowest BCUT2D eigenvalue weighted by atomic mass is 9.99. The van der Waals surface area contributed by atoms with Crippen LogP contribution in [0, 0.1) is 11.3 Å². The van der Waals surface area contributed by atoms with E-state index in [4.69, 9.17) is 11.0 Å². The molecule has 0 radical (unpaired) electrons. The number of likely N-dealkylation sites (tertiary alicyclic amines) is 1. The van der Waals surface area contributed by atoms with E-state index in [0.717, 1.165) is 4.90 Å². The number of nitrogens with zero attached hydrogens (tertiary/aromatic N) is 2. The second kappa shape index (κ2) is 1.84. The van der Waals surface area contributed by atoms with Crippen LogP contribution < -0.4 is 5.73 Å². The summed E-state index contributed by atoms with van der Waals surface area (Å²) in [6.45, 7) is -0.391. The zero-order valence-electron chi connectivity index (χ0n) is 5.17. The molecular weight excluding hydrogens is 137 g/mol. The Morgan fingerprint density at radius 1 is 1.80 bits per heavy atom. The molecule has 0 aliphatic carbocycles. The summed E-state index contributed by atoms with van der Waals surface area (Å²) in [5.74, 6) is 0. The van der Waals surface area contributed by atoms with E-state index >= 15 is 0 Å². The first kappa shape index (κ1) is 6.81. The minimum Gasteiger partial charge on any atom is -0.351 e. The zero-order chi connectivity index (χ0) is 7.78. The van der Waals surface area contributed by atoms with Crippen LogP contribution in [-0.2, 0) is 0 Å². The highest BCUT2D eigenvalue weighted by atomic mass is 19.1. The van der Waals surface area contributed by atoms with Crippen LogP contribution >= 0.6 is 0 Å². The number of halogens is 1. The number of rotatable bonds is 0. The molecule has 10 heavy (non-hydrogen) atoms. The van der Waals surface area contributed by atoms with Crippen molar-refractivity contribution in [1.82, 2.24) is 4.90 Å². The van der Waals surface area contributed by atoms with E-state index in [-0.39, 0.29) is 13.1 Å². The first-order valence-electron chi connectivity index (χ1n) is 2.72. The third kappa shape index (κ3) is 0.880. The molecule has 1 aliphatic heterocycles. The Hall–Kier alpha value is -1.31. The molecule has 1 heterocycles. The van der Waals surface area contributed by atoms with E-state index in [0.29, 0.717) is 0 Å². The van der Waals surface area contributed by atoms with Gasteiger partial charge < -0.3 is 10.6 Å². The van der Waals surface area contributed by atoms with Gasteiger partial charge in [-0.2, -0.15) is 5.26 Å². The molecule has 0 saturated carbocycles. The summed E-state index contributed by atoms with van der Waals surface area (Å²) in [6.07, 6.45) is 0. The maximum Gasteiger partial charge on any atom is 0.315 e. The Bertz CT molecular complexity index is 203. The van der Waals surface area contributed by atoms with Crippen molar-refractivity contribution in [3.8, 4) is 6.07 Å². The van der Waals surface area contributed by atoms with Crippen molar-refractivity contribution < 1.29 is 9.18 Å². The molecule has 1 fully saturated rings. The van der Waals surface area contributed by atoms with Crippen molar-refractivity contribution in [3.05, 3.63) is 0 Å². The SMILES string of the molecule is N#CC1(F)CN(C(N)=O)C1. The molecule has 1 aliphatic rings. The van der Waals surface area contributed by atoms with Crippen molar-refractivity contribution in [1.29, 1.82) is 5.26 Å². The lowest BCUT2D eigenvalue weighted by molar-refractivity contribution is 0.0425. The summed E-state index contributed by atoms with van der Waals surface area (Å²) >= 11 is 0. The maximum atomic E-state index is 12.6. The van der Waals surface area contributed by atoms with Crippen LogP contribution in [0.15, 0.2) is 0 Å². The van der Waals surface area contributed by atoms with Gasteiger partial charge in [0.15, 0.2) is 0 Å². The number of nitriles is 1. The van der Waals surface area contributed by atoms with Crippen molar-refractivity contribution in [2.75, 3.05) is 13.1 Å². The van der Waals surface area contributed by atoms with Crippen molar-refractivity contribution in [2.24, 2.45) is 5.73 Å². The van der Waals surface area contributed by atoms with Gasteiger partial charge in [0.25, 0.3) is 0 Å². The van der Waals surface area contributed by atoms with Crippen LogP contribution in [0.4, 0.5) is 9.18 Å². The number of alkyl halides is 1. The summed E-state index contributed by atoms with van der Waals surface area (Å²) < 4.78 is 12.6. The van der Waals surface area contributed by atoms with Crippen LogP contribution in [0.5, 0.6) is 0 Å². The fourth-order valence-electron chi connectivity index (χ4n) is 0.785. The van der Waals surface area contributed by atoms with E-state index in [1.165, 1.54) is 6.07 Å². The molecule has 4 nitrogen and oxygen atoms in total. The van der Waals surface area contributed by atoms with Gasteiger partial charge in [0, 0.05) is 0 Å². The highest BCUT2D eigenvalue weighted by Crippen LogP contribution is 2.23. The van der Waals surface area contributed by atoms with Gasteiger partial charge in [0.05, 0.1) is 13.1 Å². The predicted molar refractivity (Wildman–Crippen MR) is 30.6 cm³/mol. The van der Waals surface area contributed by atoms with Gasteiger partial charge in [-0.3, -0.25) is 0 Å². The molecule has 1 rings (SSSR count). The Balaban J connectivity index is 2.46. The molecule has 0 aromatic carbocycles. The Morgan fingerprint density at radius 2 is 2.30 bits per heavy atom. The molecule has 54 valence electrons. The third-order valence-electron chi connectivity index (χ3n) is 1.40. The number of amides is 2.